The highest BCUT2D eigenvalue weighted by Gasteiger charge is 2.04. The van der Waals surface area contributed by atoms with E-state index in [4.69, 9.17) is 0 Å². The van der Waals surface area contributed by atoms with E-state index in [1.54, 1.807) is 0 Å². The smallest absolute Gasteiger partial charge is 0.0683 e. The van der Waals surface area contributed by atoms with Crippen LogP contribution in [0.4, 0.5) is 0 Å². The van der Waals surface area contributed by atoms with Crippen molar-refractivity contribution in [2.24, 2.45) is 0 Å². The lowest BCUT2D eigenvalue weighted by Gasteiger charge is -2.07. The number of hydrogen-bond donors (Lipinski definition) is 0. The Morgan fingerprint density at radius 1 is 0.800 bits per heavy atom. The number of hydrogen-bond acceptors (Lipinski definition) is 3. The van der Waals surface area contributed by atoms with E-state index in [0.29, 0.717) is 0 Å². The van der Waals surface area contributed by atoms with Crippen LogP contribution in [0.15, 0.2) is 61.3 Å². The summed E-state index contributed by atoms with van der Waals surface area (Å²) in [6.45, 7) is 0.910. The molecular formula is C16H16N4. The van der Waals surface area contributed by atoms with Crippen molar-refractivity contribution < 1.29 is 0 Å². The van der Waals surface area contributed by atoms with Crippen LogP contribution in [0, 0.1) is 0 Å². The van der Waals surface area contributed by atoms with Gasteiger partial charge in [0.15, 0.2) is 0 Å². The molecule has 0 unspecified atom stereocenters. The maximum atomic E-state index is 4.41. The number of aryl methyl sites for hydroxylation is 2. The summed E-state index contributed by atoms with van der Waals surface area (Å²) in [5.74, 6) is 0. The predicted octanol–water partition coefficient (Wildman–Crippen LogP) is 2.97. The molecule has 0 amide bonds. The van der Waals surface area contributed by atoms with E-state index >= 15 is 0 Å². The highest BCUT2D eigenvalue weighted by Crippen LogP contribution is 2.18. The van der Waals surface area contributed by atoms with Crippen molar-refractivity contribution in [3.8, 4) is 11.3 Å². The molecule has 100 valence electrons. The Bertz CT molecular complexity index is 647. The third-order valence-corrected chi connectivity index (χ3v) is 3.28. The lowest BCUT2D eigenvalue weighted by molar-refractivity contribution is 0.584. The van der Waals surface area contributed by atoms with Gasteiger partial charge in [-0.25, -0.2) is 0 Å². The van der Waals surface area contributed by atoms with E-state index in [9.17, 15) is 0 Å². The molecule has 4 nitrogen and oxygen atoms in total. The molecule has 3 rings (SSSR count). The molecule has 0 N–H and O–H groups in total. The SMILES string of the molecule is c1cc(CCCn2nccc2-c2ccncc2)ccn1. The van der Waals surface area contributed by atoms with Crippen molar-refractivity contribution in [2.45, 2.75) is 19.4 Å². The molecule has 3 aromatic rings. The van der Waals surface area contributed by atoms with Crippen LogP contribution < -0.4 is 0 Å². The van der Waals surface area contributed by atoms with E-state index in [1.165, 1.54) is 5.56 Å². The lowest BCUT2D eigenvalue weighted by atomic mass is 10.1. The van der Waals surface area contributed by atoms with Crippen LogP contribution in [-0.4, -0.2) is 19.7 Å². The molecule has 3 aromatic heterocycles. The first-order valence-electron chi connectivity index (χ1n) is 6.74. The Morgan fingerprint density at radius 2 is 1.50 bits per heavy atom. The zero-order valence-corrected chi connectivity index (χ0v) is 11.2. The summed E-state index contributed by atoms with van der Waals surface area (Å²) in [6, 6.07) is 10.2. The van der Waals surface area contributed by atoms with Crippen LogP contribution in [0.25, 0.3) is 11.3 Å². The molecule has 0 aliphatic heterocycles. The van der Waals surface area contributed by atoms with E-state index in [-0.39, 0.29) is 0 Å². The number of pyridine rings is 2. The average molecular weight is 264 g/mol. The normalized spacial score (nSPS) is 10.6. The van der Waals surface area contributed by atoms with Gasteiger partial charge in [0, 0.05) is 43.1 Å². The molecule has 20 heavy (non-hydrogen) atoms. The quantitative estimate of drug-likeness (QED) is 0.711. The van der Waals surface area contributed by atoms with Crippen molar-refractivity contribution in [1.29, 1.82) is 0 Å². The second-order valence-corrected chi connectivity index (χ2v) is 4.63. The first-order valence-corrected chi connectivity index (χ1v) is 6.74. The van der Waals surface area contributed by atoms with Crippen molar-refractivity contribution in [3.05, 3.63) is 66.9 Å². The number of nitrogens with zero attached hydrogens (tertiary/aromatic N) is 4. The molecule has 0 saturated heterocycles. The fraction of sp³-hybridized carbons (Fsp3) is 0.188. The average Bonchev–Trinajstić information content (AvgIpc) is 2.98. The van der Waals surface area contributed by atoms with Crippen molar-refractivity contribution in [3.63, 3.8) is 0 Å². The molecule has 4 heteroatoms. The molecule has 0 saturated carbocycles. The molecule has 3 heterocycles. The van der Waals surface area contributed by atoms with Gasteiger partial charge in [0.05, 0.1) is 5.69 Å². The fourth-order valence-electron chi connectivity index (χ4n) is 2.26. The van der Waals surface area contributed by atoms with Crippen LogP contribution >= 0.6 is 0 Å². The third kappa shape index (κ3) is 2.91. The summed E-state index contributed by atoms with van der Waals surface area (Å²) in [5.41, 5.74) is 3.61. The summed E-state index contributed by atoms with van der Waals surface area (Å²) < 4.78 is 2.05. The molecule has 0 radical (unpaired) electrons. The Kier molecular flexibility index (Phi) is 3.83. The molecule has 0 spiro atoms. The van der Waals surface area contributed by atoms with Crippen LogP contribution in [0.1, 0.15) is 12.0 Å². The monoisotopic (exact) mass is 264 g/mol. The van der Waals surface area contributed by atoms with Crippen molar-refractivity contribution in [1.82, 2.24) is 19.7 Å². The van der Waals surface area contributed by atoms with Gasteiger partial charge in [-0.3, -0.25) is 14.6 Å². The second-order valence-electron chi connectivity index (χ2n) is 4.63. The first kappa shape index (κ1) is 12.5. The van der Waals surface area contributed by atoms with Crippen LogP contribution in [0.3, 0.4) is 0 Å². The van der Waals surface area contributed by atoms with E-state index in [0.717, 1.165) is 30.6 Å². The van der Waals surface area contributed by atoms with Crippen molar-refractivity contribution in [2.75, 3.05) is 0 Å². The number of aromatic nitrogens is 4. The number of rotatable bonds is 5. The fourth-order valence-corrected chi connectivity index (χ4v) is 2.26. The van der Waals surface area contributed by atoms with Crippen LogP contribution in [-0.2, 0) is 13.0 Å². The molecule has 0 aliphatic rings. The van der Waals surface area contributed by atoms with Gasteiger partial charge >= 0.3 is 0 Å². The summed E-state index contributed by atoms with van der Waals surface area (Å²) in [7, 11) is 0. The summed E-state index contributed by atoms with van der Waals surface area (Å²) in [5, 5.41) is 4.41. The molecule has 0 atom stereocenters. The Hall–Kier alpha value is -2.49. The minimum atomic E-state index is 0.910. The van der Waals surface area contributed by atoms with Gasteiger partial charge in [0.1, 0.15) is 0 Å². The largest absolute Gasteiger partial charge is 0.265 e. The van der Waals surface area contributed by atoms with Gasteiger partial charge in [0.25, 0.3) is 0 Å². The van der Waals surface area contributed by atoms with Crippen molar-refractivity contribution >= 4 is 0 Å². The first-order chi connectivity index (χ1) is 9.93. The molecular weight excluding hydrogens is 248 g/mol. The highest BCUT2D eigenvalue weighted by atomic mass is 15.3. The Balaban J connectivity index is 1.66. The third-order valence-electron chi connectivity index (χ3n) is 3.28. The molecule has 0 fully saturated rings. The van der Waals surface area contributed by atoms with E-state index in [1.807, 2.05) is 49.2 Å². The van der Waals surface area contributed by atoms with Gasteiger partial charge in [-0.15, -0.1) is 0 Å². The zero-order valence-electron chi connectivity index (χ0n) is 11.2. The minimum absolute atomic E-state index is 0.910. The summed E-state index contributed by atoms with van der Waals surface area (Å²) in [4.78, 5) is 8.08. The molecule has 0 bridgehead atoms. The predicted molar refractivity (Wildman–Crippen MR) is 78.0 cm³/mol. The van der Waals surface area contributed by atoms with Gasteiger partial charge < -0.3 is 0 Å². The highest BCUT2D eigenvalue weighted by molar-refractivity contribution is 5.58. The zero-order chi connectivity index (χ0) is 13.6. The maximum Gasteiger partial charge on any atom is 0.0683 e. The van der Waals surface area contributed by atoms with Gasteiger partial charge in [-0.1, -0.05) is 0 Å². The van der Waals surface area contributed by atoms with Gasteiger partial charge in [0.2, 0.25) is 0 Å². The minimum Gasteiger partial charge on any atom is -0.265 e. The van der Waals surface area contributed by atoms with Gasteiger partial charge in [-0.05, 0) is 48.7 Å². The molecule has 0 aliphatic carbocycles. The second kappa shape index (κ2) is 6.10. The van der Waals surface area contributed by atoms with E-state index < -0.39 is 0 Å². The summed E-state index contributed by atoms with van der Waals surface area (Å²) in [6.07, 6.45) is 11.2. The van der Waals surface area contributed by atoms with Crippen LogP contribution in [0.2, 0.25) is 0 Å². The molecule has 0 aromatic carbocycles. The maximum absolute atomic E-state index is 4.41. The van der Waals surface area contributed by atoms with E-state index in [2.05, 4.69) is 31.9 Å². The topological polar surface area (TPSA) is 43.6 Å². The summed E-state index contributed by atoms with van der Waals surface area (Å²) >= 11 is 0. The Labute approximate surface area is 118 Å². The standard InChI is InChI=1S/C16H16N4/c1(2-14-3-8-17-9-4-14)13-20-16(7-12-19-20)15-5-10-18-11-6-15/h3-12H,1-2,13H2. The lowest BCUT2D eigenvalue weighted by Crippen LogP contribution is -2.03. The van der Waals surface area contributed by atoms with Crippen LogP contribution in [0.5, 0.6) is 0 Å². The van der Waals surface area contributed by atoms with Gasteiger partial charge in [-0.2, -0.15) is 5.10 Å². The Morgan fingerprint density at radius 3 is 2.25 bits per heavy atom.